The lowest BCUT2D eigenvalue weighted by Crippen LogP contribution is -2.56. The van der Waals surface area contributed by atoms with Crippen LogP contribution in [0.15, 0.2) is 12.1 Å². The Labute approximate surface area is 162 Å². The van der Waals surface area contributed by atoms with Gasteiger partial charge in [-0.3, -0.25) is 9.59 Å². The summed E-state index contributed by atoms with van der Waals surface area (Å²) in [6.45, 7) is 1.56. The fourth-order valence-corrected chi connectivity index (χ4v) is 4.99. The molecule has 3 saturated carbocycles. The number of fused-ring (bicyclic) bond motifs is 2. The van der Waals surface area contributed by atoms with Gasteiger partial charge in [0.05, 0.1) is 17.6 Å². The third kappa shape index (κ3) is 2.74. The molecule has 1 aromatic carbocycles. The van der Waals surface area contributed by atoms with Crippen molar-refractivity contribution >= 4 is 11.8 Å². The number of hydrogen-bond donors (Lipinski definition) is 2. The smallest absolute Gasteiger partial charge is 0.254 e. The first kappa shape index (κ1) is 18.0. The normalized spacial score (nSPS) is 36.1. The van der Waals surface area contributed by atoms with Crippen LogP contribution < -0.4 is 5.32 Å². The average molecular weight is 390 g/mol. The molecular weight excluding hydrogens is 366 g/mol. The summed E-state index contributed by atoms with van der Waals surface area (Å²) >= 11 is 0. The van der Waals surface area contributed by atoms with Gasteiger partial charge in [0.1, 0.15) is 12.0 Å². The van der Waals surface area contributed by atoms with Crippen molar-refractivity contribution in [3.63, 3.8) is 0 Å². The molecule has 3 fully saturated rings. The van der Waals surface area contributed by atoms with Crippen molar-refractivity contribution in [3.05, 3.63) is 34.6 Å². The number of carbonyl (C=O) groups is 2. The van der Waals surface area contributed by atoms with Gasteiger partial charge in [0, 0.05) is 23.7 Å². The van der Waals surface area contributed by atoms with Crippen molar-refractivity contribution in [2.45, 2.75) is 68.2 Å². The zero-order valence-corrected chi connectivity index (χ0v) is 15.8. The van der Waals surface area contributed by atoms with E-state index in [1.165, 1.54) is 4.90 Å². The zero-order valence-electron chi connectivity index (χ0n) is 15.8. The number of rotatable bonds is 4. The molecule has 2 amide bonds. The molecule has 2 atom stereocenters. The molecule has 150 valence electrons. The summed E-state index contributed by atoms with van der Waals surface area (Å²) in [4.78, 5) is 26.6. The van der Waals surface area contributed by atoms with Gasteiger partial charge in [-0.1, -0.05) is 6.07 Å². The monoisotopic (exact) mass is 390 g/mol. The Morgan fingerprint density at radius 2 is 2.00 bits per heavy atom. The predicted molar refractivity (Wildman–Crippen MR) is 97.3 cm³/mol. The molecule has 5 nitrogen and oxygen atoms in total. The Morgan fingerprint density at radius 1 is 1.32 bits per heavy atom. The van der Waals surface area contributed by atoms with Gasteiger partial charge in [-0.25, -0.2) is 8.78 Å². The highest BCUT2D eigenvalue weighted by atomic mass is 19.1. The molecule has 0 radical (unpaired) electrons. The molecule has 5 rings (SSSR count). The third-order valence-electron chi connectivity index (χ3n) is 6.73. The molecule has 2 N–H and O–H groups in total. The van der Waals surface area contributed by atoms with E-state index >= 15 is 4.39 Å². The number of aliphatic hydroxyl groups is 1. The van der Waals surface area contributed by atoms with Crippen molar-refractivity contribution in [1.82, 2.24) is 10.2 Å². The molecule has 4 aliphatic rings. The standard InChI is InChI=1S/C21H24F2N2O3/c1-20(28)6-12(7-20)24-16(26)9-25-10-21(8-15(21)22)17-14(19(25)27)5-4-13(18(17)23)11-2-3-11/h4-5,11-12,15,28H,2-3,6-10H2,1H3,(H,24,26)/t12-,15-,20+,21+/m1/s1. The van der Waals surface area contributed by atoms with Crippen LogP contribution in [0, 0.1) is 5.82 Å². The predicted octanol–water partition coefficient (Wildman–Crippen LogP) is 2.17. The second-order valence-electron chi connectivity index (χ2n) is 9.32. The Balaban J connectivity index is 1.37. The van der Waals surface area contributed by atoms with Gasteiger partial charge in [-0.05, 0) is 56.6 Å². The van der Waals surface area contributed by atoms with E-state index in [2.05, 4.69) is 5.32 Å². The van der Waals surface area contributed by atoms with E-state index in [0.717, 1.165) is 12.8 Å². The molecule has 1 aromatic rings. The van der Waals surface area contributed by atoms with E-state index in [0.29, 0.717) is 18.4 Å². The molecule has 0 saturated heterocycles. The Bertz CT molecular complexity index is 875. The lowest BCUT2D eigenvalue weighted by atomic mass is 9.77. The number of carbonyl (C=O) groups excluding carboxylic acids is 2. The van der Waals surface area contributed by atoms with Crippen LogP contribution in [0.2, 0.25) is 0 Å². The van der Waals surface area contributed by atoms with Crippen LogP contribution in [-0.2, 0) is 10.2 Å². The van der Waals surface area contributed by atoms with Crippen molar-refractivity contribution in [2.24, 2.45) is 0 Å². The first-order valence-corrected chi connectivity index (χ1v) is 9.98. The van der Waals surface area contributed by atoms with Crippen LogP contribution in [0.3, 0.4) is 0 Å². The molecule has 1 heterocycles. The molecule has 28 heavy (non-hydrogen) atoms. The number of alkyl halides is 1. The van der Waals surface area contributed by atoms with Gasteiger partial charge < -0.3 is 15.3 Å². The molecule has 7 heteroatoms. The minimum absolute atomic E-state index is 0.0286. The molecule has 1 aliphatic heterocycles. The number of benzene rings is 1. The van der Waals surface area contributed by atoms with Gasteiger partial charge in [0.25, 0.3) is 5.91 Å². The summed E-state index contributed by atoms with van der Waals surface area (Å²) in [5, 5.41) is 12.6. The highest BCUT2D eigenvalue weighted by molar-refractivity contribution is 6.00. The molecule has 0 unspecified atom stereocenters. The van der Waals surface area contributed by atoms with Crippen molar-refractivity contribution < 1.29 is 23.5 Å². The van der Waals surface area contributed by atoms with E-state index in [-0.39, 0.29) is 48.5 Å². The second-order valence-corrected chi connectivity index (χ2v) is 9.32. The summed E-state index contributed by atoms with van der Waals surface area (Å²) in [5.74, 6) is -0.998. The van der Waals surface area contributed by atoms with Crippen molar-refractivity contribution in [2.75, 3.05) is 13.1 Å². The van der Waals surface area contributed by atoms with Crippen LogP contribution in [0.25, 0.3) is 0 Å². The molecule has 0 bridgehead atoms. The highest BCUT2D eigenvalue weighted by Crippen LogP contribution is 2.56. The maximum Gasteiger partial charge on any atom is 0.254 e. The fraction of sp³-hybridized carbons (Fsp3) is 0.619. The topological polar surface area (TPSA) is 69.6 Å². The van der Waals surface area contributed by atoms with Gasteiger partial charge in [-0.15, -0.1) is 0 Å². The molecule has 3 aliphatic carbocycles. The molecule has 1 spiro atoms. The summed E-state index contributed by atoms with van der Waals surface area (Å²) < 4.78 is 29.6. The van der Waals surface area contributed by atoms with Crippen LogP contribution in [-0.4, -0.2) is 52.7 Å². The number of nitrogens with zero attached hydrogens (tertiary/aromatic N) is 1. The van der Waals surface area contributed by atoms with E-state index < -0.39 is 28.9 Å². The minimum Gasteiger partial charge on any atom is -0.390 e. The Hall–Kier alpha value is -2.02. The average Bonchev–Trinajstić information content (AvgIpc) is 3.49. The first-order chi connectivity index (χ1) is 13.2. The second kappa shape index (κ2) is 5.75. The van der Waals surface area contributed by atoms with Gasteiger partial charge in [-0.2, -0.15) is 0 Å². The number of amides is 2. The minimum atomic E-state index is -1.20. The lowest BCUT2D eigenvalue weighted by Gasteiger charge is -2.41. The van der Waals surface area contributed by atoms with E-state index in [4.69, 9.17) is 0 Å². The van der Waals surface area contributed by atoms with E-state index in [1.807, 2.05) is 0 Å². The highest BCUT2D eigenvalue weighted by Gasteiger charge is 2.62. The number of hydrogen-bond acceptors (Lipinski definition) is 3. The zero-order chi connectivity index (χ0) is 19.8. The van der Waals surface area contributed by atoms with Crippen molar-refractivity contribution in [3.8, 4) is 0 Å². The quantitative estimate of drug-likeness (QED) is 0.828. The third-order valence-corrected chi connectivity index (χ3v) is 6.73. The Kier molecular flexibility index (Phi) is 3.70. The maximum atomic E-state index is 15.2. The lowest BCUT2D eigenvalue weighted by molar-refractivity contribution is -0.125. The van der Waals surface area contributed by atoms with Crippen LogP contribution in [0.5, 0.6) is 0 Å². The largest absolute Gasteiger partial charge is 0.390 e. The van der Waals surface area contributed by atoms with Gasteiger partial charge in [0.15, 0.2) is 0 Å². The SMILES string of the molecule is C[C@]1(O)C[C@@H](NC(=O)CN2C[C@]3(C[C@H]3F)c3c(ccc(C4CC4)c3F)C2=O)C1. The van der Waals surface area contributed by atoms with E-state index in [9.17, 15) is 19.1 Å². The number of nitrogens with one attached hydrogen (secondary N) is 1. The maximum absolute atomic E-state index is 15.2. The van der Waals surface area contributed by atoms with Gasteiger partial charge in [0.2, 0.25) is 5.91 Å². The Morgan fingerprint density at radius 3 is 2.57 bits per heavy atom. The molecular formula is C21H24F2N2O3. The first-order valence-electron chi connectivity index (χ1n) is 9.98. The molecule has 0 aromatic heterocycles. The van der Waals surface area contributed by atoms with Gasteiger partial charge >= 0.3 is 0 Å². The summed E-state index contributed by atoms with van der Waals surface area (Å²) in [5.41, 5.74) is -0.769. The van der Waals surface area contributed by atoms with Crippen molar-refractivity contribution in [1.29, 1.82) is 0 Å². The summed E-state index contributed by atoms with van der Waals surface area (Å²) in [6, 6.07) is 3.14. The van der Waals surface area contributed by atoms with Crippen LogP contribution in [0.4, 0.5) is 8.78 Å². The number of halogens is 2. The van der Waals surface area contributed by atoms with E-state index in [1.54, 1.807) is 19.1 Å². The van der Waals surface area contributed by atoms with Crippen LogP contribution in [0.1, 0.15) is 66.4 Å². The fourth-order valence-electron chi connectivity index (χ4n) is 4.99. The summed E-state index contributed by atoms with van der Waals surface area (Å²) in [6.07, 6.45) is 1.78. The van der Waals surface area contributed by atoms with Crippen LogP contribution >= 0.6 is 0 Å². The summed E-state index contributed by atoms with van der Waals surface area (Å²) in [7, 11) is 0.